The van der Waals surface area contributed by atoms with E-state index in [-0.39, 0.29) is 17.8 Å². The van der Waals surface area contributed by atoms with Gasteiger partial charge in [0.15, 0.2) is 0 Å². The summed E-state index contributed by atoms with van der Waals surface area (Å²) in [7, 11) is 0. The molecule has 0 aliphatic rings. The second-order valence-electron chi connectivity index (χ2n) is 3.10. The van der Waals surface area contributed by atoms with Crippen molar-refractivity contribution in [2.45, 2.75) is 20.0 Å². The van der Waals surface area contributed by atoms with Crippen molar-refractivity contribution in [3.05, 3.63) is 39.9 Å². The Bertz CT molecular complexity index is 372. The number of nitro groups is 1. The van der Waals surface area contributed by atoms with Gasteiger partial charge in [0.25, 0.3) is 5.69 Å². The Morgan fingerprint density at radius 3 is 2.33 bits per heavy atom. The molecule has 0 heterocycles. The Morgan fingerprint density at radius 1 is 1.40 bits per heavy atom. The molecule has 0 aromatic heterocycles. The zero-order chi connectivity index (χ0) is 11.4. The van der Waals surface area contributed by atoms with E-state index in [9.17, 15) is 14.9 Å². The lowest BCUT2D eigenvalue weighted by Gasteiger charge is -2.11. The first-order chi connectivity index (χ1) is 7.00. The molecule has 0 spiro atoms. The number of non-ortho nitro benzene ring substituents is 1. The SMILES string of the molecule is CC(=O)O[C@H](C)c1ccc([N+](=O)[O-])cc1. The van der Waals surface area contributed by atoms with E-state index in [1.54, 1.807) is 19.1 Å². The van der Waals surface area contributed by atoms with E-state index in [1.165, 1.54) is 19.1 Å². The van der Waals surface area contributed by atoms with Crippen molar-refractivity contribution < 1.29 is 14.5 Å². The molecule has 0 saturated carbocycles. The second kappa shape index (κ2) is 4.54. The van der Waals surface area contributed by atoms with Crippen molar-refractivity contribution in [3.63, 3.8) is 0 Å². The molecule has 0 bridgehead atoms. The van der Waals surface area contributed by atoms with Gasteiger partial charge in [-0.15, -0.1) is 0 Å². The van der Waals surface area contributed by atoms with Crippen molar-refractivity contribution in [2.75, 3.05) is 0 Å². The molecule has 0 fully saturated rings. The molecule has 0 aliphatic carbocycles. The fourth-order valence-corrected chi connectivity index (χ4v) is 1.18. The molecule has 0 amide bonds. The van der Waals surface area contributed by atoms with Gasteiger partial charge in [0.2, 0.25) is 0 Å². The van der Waals surface area contributed by atoms with E-state index in [0.717, 1.165) is 5.56 Å². The van der Waals surface area contributed by atoms with Crippen LogP contribution in [-0.4, -0.2) is 10.9 Å². The topological polar surface area (TPSA) is 69.4 Å². The number of ether oxygens (including phenoxy) is 1. The van der Waals surface area contributed by atoms with Crippen LogP contribution < -0.4 is 0 Å². The summed E-state index contributed by atoms with van der Waals surface area (Å²) in [5.41, 5.74) is 0.754. The summed E-state index contributed by atoms with van der Waals surface area (Å²) in [5, 5.41) is 10.4. The summed E-state index contributed by atoms with van der Waals surface area (Å²) < 4.78 is 4.93. The monoisotopic (exact) mass is 209 g/mol. The molecule has 5 nitrogen and oxygen atoms in total. The van der Waals surface area contributed by atoms with Crippen LogP contribution in [0.25, 0.3) is 0 Å². The fourth-order valence-electron chi connectivity index (χ4n) is 1.18. The zero-order valence-electron chi connectivity index (χ0n) is 8.47. The van der Waals surface area contributed by atoms with Crippen LogP contribution in [0, 0.1) is 10.1 Å². The van der Waals surface area contributed by atoms with Gasteiger partial charge < -0.3 is 4.74 Å². The summed E-state index contributed by atoms with van der Waals surface area (Å²) in [4.78, 5) is 20.6. The highest BCUT2D eigenvalue weighted by atomic mass is 16.6. The van der Waals surface area contributed by atoms with Gasteiger partial charge in [-0.3, -0.25) is 14.9 Å². The van der Waals surface area contributed by atoms with E-state index in [2.05, 4.69) is 0 Å². The number of benzene rings is 1. The first-order valence-electron chi connectivity index (χ1n) is 4.42. The van der Waals surface area contributed by atoms with Crippen LogP contribution in [0.3, 0.4) is 0 Å². The highest BCUT2D eigenvalue weighted by molar-refractivity contribution is 5.66. The second-order valence-corrected chi connectivity index (χ2v) is 3.10. The van der Waals surface area contributed by atoms with Gasteiger partial charge in [0.05, 0.1) is 4.92 Å². The number of esters is 1. The lowest BCUT2D eigenvalue weighted by Crippen LogP contribution is -2.04. The molecular formula is C10H11NO4. The maximum atomic E-state index is 10.7. The third kappa shape index (κ3) is 3.05. The largest absolute Gasteiger partial charge is 0.458 e. The normalized spacial score (nSPS) is 11.9. The van der Waals surface area contributed by atoms with Gasteiger partial charge in [0, 0.05) is 19.1 Å². The molecule has 1 aromatic carbocycles. The molecule has 80 valence electrons. The predicted octanol–water partition coefficient (Wildman–Crippen LogP) is 2.22. The molecule has 5 heteroatoms. The number of carbonyl (C=O) groups is 1. The third-order valence-electron chi connectivity index (χ3n) is 1.92. The number of hydrogen-bond acceptors (Lipinski definition) is 4. The Kier molecular flexibility index (Phi) is 3.38. The number of nitrogens with zero attached hydrogens (tertiary/aromatic N) is 1. The Labute approximate surface area is 86.8 Å². The molecule has 0 aliphatic heterocycles. The van der Waals surface area contributed by atoms with Crippen LogP contribution in [0.5, 0.6) is 0 Å². The molecule has 0 saturated heterocycles. The van der Waals surface area contributed by atoms with Crippen molar-refractivity contribution in [1.29, 1.82) is 0 Å². The molecule has 15 heavy (non-hydrogen) atoms. The molecule has 1 aromatic rings. The number of rotatable bonds is 3. The maximum absolute atomic E-state index is 10.7. The number of carbonyl (C=O) groups excluding carboxylic acids is 1. The van der Waals surface area contributed by atoms with Gasteiger partial charge in [-0.1, -0.05) is 0 Å². The molecule has 1 atom stereocenters. The average Bonchev–Trinajstić information content (AvgIpc) is 2.17. The van der Waals surface area contributed by atoms with Crippen LogP contribution in [0.2, 0.25) is 0 Å². The van der Waals surface area contributed by atoms with Crippen LogP contribution in [0.1, 0.15) is 25.5 Å². The summed E-state index contributed by atoms with van der Waals surface area (Å²) in [6, 6.07) is 5.92. The first-order valence-corrected chi connectivity index (χ1v) is 4.42. The van der Waals surface area contributed by atoms with Crippen molar-refractivity contribution >= 4 is 11.7 Å². The van der Waals surface area contributed by atoms with Gasteiger partial charge >= 0.3 is 5.97 Å². The average molecular weight is 209 g/mol. The smallest absolute Gasteiger partial charge is 0.303 e. The summed E-state index contributed by atoms with van der Waals surface area (Å²) in [6.07, 6.45) is -0.386. The van der Waals surface area contributed by atoms with Gasteiger partial charge in [-0.2, -0.15) is 0 Å². The standard InChI is InChI=1S/C10H11NO4/c1-7(15-8(2)12)9-3-5-10(6-4-9)11(13)14/h3-7H,1-2H3/t7-/m1/s1. The molecular weight excluding hydrogens is 198 g/mol. The fraction of sp³-hybridized carbons (Fsp3) is 0.300. The minimum atomic E-state index is -0.472. The molecule has 1 rings (SSSR count). The van der Waals surface area contributed by atoms with E-state index in [1.807, 2.05) is 0 Å². The van der Waals surface area contributed by atoms with Crippen LogP contribution in [0.15, 0.2) is 24.3 Å². The quantitative estimate of drug-likeness (QED) is 0.434. The molecule has 0 unspecified atom stereocenters. The number of hydrogen-bond donors (Lipinski definition) is 0. The summed E-state index contributed by atoms with van der Waals surface area (Å²) in [6.45, 7) is 3.03. The van der Waals surface area contributed by atoms with Crippen molar-refractivity contribution in [3.8, 4) is 0 Å². The van der Waals surface area contributed by atoms with E-state index in [0.29, 0.717) is 0 Å². The van der Waals surface area contributed by atoms with Gasteiger partial charge in [-0.25, -0.2) is 0 Å². The molecule has 0 N–H and O–H groups in total. The van der Waals surface area contributed by atoms with Crippen molar-refractivity contribution in [1.82, 2.24) is 0 Å². The lowest BCUT2D eigenvalue weighted by atomic mass is 10.1. The highest BCUT2D eigenvalue weighted by Crippen LogP contribution is 2.20. The first kappa shape index (κ1) is 11.2. The van der Waals surface area contributed by atoms with Gasteiger partial charge in [0.1, 0.15) is 6.10 Å². The van der Waals surface area contributed by atoms with Crippen LogP contribution in [-0.2, 0) is 9.53 Å². The zero-order valence-corrected chi connectivity index (χ0v) is 8.47. The van der Waals surface area contributed by atoms with E-state index in [4.69, 9.17) is 4.74 Å². The summed E-state index contributed by atoms with van der Waals surface area (Å²) in [5.74, 6) is -0.374. The van der Waals surface area contributed by atoms with Crippen LogP contribution in [0.4, 0.5) is 5.69 Å². The predicted molar refractivity (Wildman–Crippen MR) is 53.3 cm³/mol. The third-order valence-corrected chi connectivity index (χ3v) is 1.92. The minimum absolute atomic E-state index is 0.0220. The minimum Gasteiger partial charge on any atom is -0.458 e. The Morgan fingerprint density at radius 2 is 1.93 bits per heavy atom. The molecule has 0 radical (unpaired) electrons. The van der Waals surface area contributed by atoms with E-state index < -0.39 is 4.92 Å². The van der Waals surface area contributed by atoms with Gasteiger partial charge in [-0.05, 0) is 24.6 Å². The highest BCUT2D eigenvalue weighted by Gasteiger charge is 2.10. The van der Waals surface area contributed by atoms with Crippen LogP contribution >= 0.6 is 0 Å². The Hall–Kier alpha value is -1.91. The van der Waals surface area contributed by atoms with E-state index >= 15 is 0 Å². The maximum Gasteiger partial charge on any atom is 0.303 e. The lowest BCUT2D eigenvalue weighted by molar-refractivity contribution is -0.384. The summed E-state index contributed by atoms with van der Waals surface area (Å²) >= 11 is 0. The van der Waals surface area contributed by atoms with Crippen molar-refractivity contribution in [2.24, 2.45) is 0 Å². The Balaban J connectivity index is 2.79. The number of nitro benzene ring substituents is 1.